The molecule has 23 aromatic rings. The highest BCUT2D eigenvalue weighted by molar-refractivity contribution is 6.11. The average molecular weight is 1660 g/mol. The van der Waals surface area contributed by atoms with Gasteiger partial charge in [0.1, 0.15) is 33.5 Å². The molecule has 0 aliphatic rings. The number of benzene rings is 20. The summed E-state index contributed by atoms with van der Waals surface area (Å²) in [5, 5.41) is 6.80. The lowest BCUT2D eigenvalue weighted by Crippen LogP contribution is -2.10. The predicted octanol–water partition coefficient (Wildman–Crippen LogP) is 35.2. The largest absolute Gasteiger partial charge is 0.456 e. The molecule has 20 aromatic carbocycles. The van der Waals surface area contributed by atoms with Gasteiger partial charge in [0, 0.05) is 106 Å². The lowest BCUT2D eigenvalue weighted by atomic mass is 10.0. The molecule has 0 saturated heterocycles. The number of aryl methyl sites for hydroxylation is 2. The molecule has 0 fully saturated rings. The Morgan fingerprint density at radius 2 is 0.349 bits per heavy atom. The van der Waals surface area contributed by atoms with Crippen LogP contribution in [0.3, 0.4) is 0 Å². The van der Waals surface area contributed by atoms with Crippen molar-refractivity contribution in [2.75, 3.05) is 19.6 Å². The minimum Gasteiger partial charge on any atom is -0.456 e. The fraction of sp³-hybridized carbons (Fsp3) is 0.0164. The van der Waals surface area contributed by atoms with E-state index in [9.17, 15) is 0 Å². The molecule has 0 amide bonds. The lowest BCUT2D eigenvalue weighted by Gasteiger charge is -2.26. The summed E-state index contributed by atoms with van der Waals surface area (Å²) in [4.78, 5) is 9.29. The highest BCUT2D eigenvalue weighted by Crippen LogP contribution is 2.46. The van der Waals surface area contributed by atoms with E-state index in [0.29, 0.717) is 0 Å². The van der Waals surface area contributed by atoms with Gasteiger partial charge in [0.15, 0.2) is 0 Å². The van der Waals surface area contributed by atoms with E-state index >= 15 is 0 Å². The molecule has 129 heavy (non-hydrogen) atoms. The van der Waals surface area contributed by atoms with E-state index in [2.05, 4.69) is 482 Å². The maximum Gasteiger partial charge on any atom is 0.143 e. The second kappa shape index (κ2) is 34.3. The van der Waals surface area contributed by atoms with Gasteiger partial charge in [-0.2, -0.15) is 0 Å². The van der Waals surface area contributed by atoms with Crippen LogP contribution in [0.2, 0.25) is 0 Å². The molecule has 3 heterocycles. The minimum absolute atomic E-state index is 0.905. The van der Waals surface area contributed by atoms with Crippen molar-refractivity contribution in [2.45, 2.75) is 13.8 Å². The van der Waals surface area contributed by atoms with Crippen molar-refractivity contribution in [2.24, 2.45) is 0 Å². The van der Waals surface area contributed by atoms with Gasteiger partial charge < -0.3 is 32.9 Å². The van der Waals surface area contributed by atoms with Crippen molar-refractivity contribution in [3.05, 3.63) is 496 Å². The van der Waals surface area contributed by atoms with E-state index in [4.69, 9.17) is 13.3 Å². The highest BCUT2D eigenvalue weighted by atomic mass is 16.3. The zero-order chi connectivity index (χ0) is 86.1. The van der Waals surface area contributed by atoms with Crippen LogP contribution in [0.1, 0.15) is 11.1 Å². The topological polar surface area (TPSA) is 52.4 Å². The lowest BCUT2D eigenvalue weighted by molar-refractivity contribution is 0.668. The number of anilines is 12. The summed E-state index contributed by atoms with van der Waals surface area (Å²) in [6, 6.07) is 173. The van der Waals surface area contributed by atoms with Gasteiger partial charge in [-0.05, 0) is 274 Å². The third-order valence-electron chi connectivity index (χ3n) is 24.7. The number of furan rings is 3. The van der Waals surface area contributed by atoms with Gasteiger partial charge in [-0.3, -0.25) is 0 Å². The zero-order valence-corrected chi connectivity index (χ0v) is 71.2. The molecule has 0 aliphatic heterocycles. The van der Waals surface area contributed by atoms with Gasteiger partial charge in [0.2, 0.25) is 0 Å². The van der Waals surface area contributed by atoms with Crippen molar-refractivity contribution in [3.63, 3.8) is 0 Å². The van der Waals surface area contributed by atoms with Crippen LogP contribution >= 0.6 is 0 Å². The summed E-state index contributed by atoms with van der Waals surface area (Å²) in [6.07, 6.45) is 0. The van der Waals surface area contributed by atoms with Gasteiger partial charge in [-0.1, -0.05) is 308 Å². The molecule has 0 saturated carbocycles. The summed E-state index contributed by atoms with van der Waals surface area (Å²) in [7, 11) is 0. The van der Waals surface area contributed by atoms with Crippen LogP contribution in [-0.2, 0) is 0 Å². The normalized spacial score (nSPS) is 11.3. The third-order valence-corrected chi connectivity index (χ3v) is 24.7. The van der Waals surface area contributed by atoms with Crippen LogP contribution in [0.5, 0.6) is 0 Å². The van der Waals surface area contributed by atoms with Gasteiger partial charge in [-0.15, -0.1) is 0 Å². The summed E-state index contributed by atoms with van der Waals surface area (Å²) in [5.41, 5.74) is 37.2. The van der Waals surface area contributed by atoms with E-state index in [0.717, 1.165) is 190 Å². The molecule has 3 aromatic heterocycles. The maximum atomic E-state index is 6.38. The number of hydrogen-bond acceptors (Lipinski definition) is 7. The SMILES string of the molecule is Cc1ccc(N(c2ccc(-c3ccc(N(c4ccc(C)cc4)c4ccc(-c5ccc6oc7ccccc7c6c5)cc4)cc3)cc2)c2ccc(-c3ccc4oc5ccccc5c4c3)cc2)cc1.c1ccc(-c2ccc(N(c3ccc(-c4ccccc4)cc3)c3ccc(-c4ccc(N(c5ccccc5)c5ccc(-c6cccc7c6oc6ccccc67)cc5)cc4)cc3)cc2)cc1. The third kappa shape index (κ3) is 15.7. The Labute approximate surface area is 750 Å². The van der Waals surface area contributed by atoms with E-state index in [-0.39, 0.29) is 0 Å². The molecule has 0 atom stereocenters. The van der Waals surface area contributed by atoms with Gasteiger partial charge in [-0.25, -0.2) is 0 Å². The van der Waals surface area contributed by atoms with Crippen molar-refractivity contribution in [1.29, 1.82) is 0 Å². The number of para-hydroxylation sites is 5. The van der Waals surface area contributed by atoms with E-state index in [1.807, 2.05) is 36.4 Å². The number of fused-ring (bicyclic) bond motifs is 9. The smallest absolute Gasteiger partial charge is 0.143 e. The first-order valence-corrected chi connectivity index (χ1v) is 43.9. The molecule has 23 rings (SSSR count). The molecular weight excluding hydrogens is 1570 g/mol. The molecule has 7 nitrogen and oxygen atoms in total. The zero-order valence-electron chi connectivity index (χ0n) is 71.2. The molecule has 0 spiro atoms. The Morgan fingerprint density at radius 3 is 0.659 bits per heavy atom. The van der Waals surface area contributed by atoms with Crippen LogP contribution in [0.4, 0.5) is 68.2 Å². The molecule has 7 heteroatoms. The summed E-state index contributed by atoms with van der Waals surface area (Å²) in [6.45, 7) is 4.26. The molecule has 0 bridgehead atoms. The first kappa shape index (κ1) is 78.0. The Morgan fingerprint density at radius 1 is 0.140 bits per heavy atom. The first-order valence-electron chi connectivity index (χ1n) is 43.9. The fourth-order valence-electron chi connectivity index (χ4n) is 18.0. The Hall–Kier alpha value is -17.0. The van der Waals surface area contributed by atoms with Crippen molar-refractivity contribution in [1.82, 2.24) is 0 Å². The Balaban J connectivity index is 0.000000152. The first-order chi connectivity index (χ1) is 63.7. The predicted molar refractivity (Wildman–Crippen MR) is 541 cm³/mol. The standard InChI is InChI=1S/C62H44N2O2.C60H42N2O/c1-41-11-25-49(26-12-41)63(53-33-19-45(20-34-53)47-23-37-61-57(39-47)55-7-3-5-9-59(55)65-61)51-29-15-43(16-30-51)44-17-31-52(32-18-44)64(50-27-13-42(2)14-28-50)54-35-21-46(22-36-54)48-24-38-62-58(40-48)56-8-4-6-10-60(56)66-62;1-4-13-43(14-5-1)45-23-33-52(34-24-45)62(53-35-25-46(26-36-53)44-15-6-2-7-16-44)54-39-29-48(30-40-54)47-27-37-51(38-28-47)61(50-17-8-3-9-18-50)55-41-31-49(32-42-55)56-20-12-21-58-57-19-10-11-22-59(57)63-60(56)58/h3-40H,1-2H3;1-42H. The second-order valence-corrected chi connectivity index (χ2v) is 32.9. The van der Waals surface area contributed by atoms with E-state index < -0.39 is 0 Å². The minimum atomic E-state index is 0.905. The number of hydrogen-bond donors (Lipinski definition) is 0. The van der Waals surface area contributed by atoms with Gasteiger partial charge >= 0.3 is 0 Å². The van der Waals surface area contributed by atoms with Crippen LogP contribution in [0.15, 0.2) is 499 Å². The molecule has 0 N–H and O–H groups in total. The Bertz CT molecular complexity index is 7560. The average Bonchev–Trinajstić information content (AvgIpc) is 1.66. The summed E-state index contributed by atoms with van der Waals surface area (Å²) < 4.78 is 18.6. The van der Waals surface area contributed by atoms with Gasteiger partial charge in [0.25, 0.3) is 0 Å². The van der Waals surface area contributed by atoms with Crippen LogP contribution in [-0.4, -0.2) is 0 Å². The second-order valence-electron chi connectivity index (χ2n) is 32.9. The molecule has 612 valence electrons. The van der Waals surface area contributed by atoms with Crippen LogP contribution in [0.25, 0.3) is 144 Å². The van der Waals surface area contributed by atoms with Crippen LogP contribution in [0, 0.1) is 13.8 Å². The van der Waals surface area contributed by atoms with E-state index in [1.54, 1.807) is 0 Å². The summed E-state index contributed by atoms with van der Waals surface area (Å²) in [5.74, 6) is 0. The quantitative estimate of drug-likeness (QED) is 0.0799. The number of rotatable bonds is 19. The van der Waals surface area contributed by atoms with Crippen molar-refractivity contribution >= 4 is 134 Å². The van der Waals surface area contributed by atoms with Crippen molar-refractivity contribution in [3.8, 4) is 77.9 Å². The number of nitrogens with zero attached hydrogens (tertiary/aromatic N) is 4. The molecular formula is C122H86N4O3. The Kier molecular flexibility index (Phi) is 20.7. The maximum absolute atomic E-state index is 6.38. The van der Waals surface area contributed by atoms with Crippen LogP contribution < -0.4 is 19.6 Å². The van der Waals surface area contributed by atoms with E-state index in [1.165, 1.54) is 33.4 Å². The fourth-order valence-corrected chi connectivity index (χ4v) is 18.0. The summed E-state index contributed by atoms with van der Waals surface area (Å²) >= 11 is 0. The molecule has 0 aliphatic carbocycles. The molecule has 0 radical (unpaired) electrons. The monoisotopic (exact) mass is 1650 g/mol. The van der Waals surface area contributed by atoms with Gasteiger partial charge in [0.05, 0.1) is 0 Å². The molecule has 0 unspecified atom stereocenters. The highest BCUT2D eigenvalue weighted by Gasteiger charge is 2.22. The van der Waals surface area contributed by atoms with Crippen molar-refractivity contribution < 1.29 is 13.3 Å².